The van der Waals surface area contributed by atoms with Gasteiger partial charge in [-0.05, 0) is 18.1 Å². The van der Waals surface area contributed by atoms with Gasteiger partial charge in [0.25, 0.3) is 0 Å². The first-order chi connectivity index (χ1) is 6.93. The predicted molar refractivity (Wildman–Crippen MR) is 68.5 cm³/mol. The van der Waals surface area contributed by atoms with E-state index in [4.69, 9.17) is 4.43 Å². The van der Waals surface area contributed by atoms with Crippen molar-refractivity contribution in [1.82, 2.24) is 4.31 Å². The Hall–Kier alpha value is 0.0869. The van der Waals surface area contributed by atoms with Gasteiger partial charge in [0.05, 0.1) is 12.4 Å². The maximum Gasteiger partial charge on any atom is 0.211 e. The Bertz CT molecular complexity index is 353. The normalized spacial score (nSPS) is 20.9. The average molecular weight is 265 g/mol. The van der Waals surface area contributed by atoms with Crippen LogP contribution in [-0.4, -0.2) is 46.5 Å². The molecule has 0 N–H and O–H groups in total. The highest BCUT2D eigenvalue weighted by molar-refractivity contribution is 7.88. The highest BCUT2D eigenvalue weighted by Crippen LogP contribution is 2.38. The molecular formula is C10H23NO3SSi. The third-order valence-electron chi connectivity index (χ3n) is 3.55. The Labute approximate surface area is 100 Å². The van der Waals surface area contributed by atoms with E-state index in [0.29, 0.717) is 13.1 Å². The second kappa shape index (κ2) is 4.08. The van der Waals surface area contributed by atoms with Crippen LogP contribution in [0.5, 0.6) is 0 Å². The van der Waals surface area contributed by atoms with E-state index in [2.05, 4.69) is 33.9 Å². The van der Waals surface area contributed by atoms with Crippen LogP contribution < -0.4 is 0 Å². The molecule has 0 aromatic heterocycles. The molecule has 1 heterocycles. The summed E-state index contributed by atoms with van der Waals surface area (Å²) in [5.74, 6) is 0. The van der Waals surface area contributed by atoms with Gasteiger partial charge in [-0.15, -0.1) is 0 Å². The van der Waals surface area contributed by atoms with Crippen LogP contribution >= 0.6 is 0 Å². The van der Waals surface area contributed by atoms with E-state index in [1.807, 2.05) is 0 Å². The summed E-state index contributed by atoms with van der Waals surface area (Å²) in [4.78, 5) is 0. The van der Waals surface area contributed by atoms with E-state index in [1.54, 1.807) is 0 Å². The van der Waals surface area contributed by atoms with Gasteiger partial charge in [0.15, 0.2) is 8.32 Å². The Morgan fingerprint density at radius 2 is 1.69 bits per heavy atom. The second-order valence-corrected chi connectivity index (χ2v) is 12.8. The number of hydrogen-bond donors (Lipinski definition) is 0. The van der Waals surface area contributed by atoms with Gasteiger partial charge in [-0.25, -0.2) is 8.42 Å². The lowest BCUT2D eigenvalue weighted by Crippen LogP contribution is -2.58. The van der Waals surface area contributed by atoms with E-state index in [0.717, 1.165) is 0 Å². The molecule has 0 radical (unpaired) electrons. The van der Waals surface area contributed by atoms with Crippen LogP contribution in [-0.2, 0) is 14.4 Å². The first-order valence-electron chi connectivity index (χ1n) is 5.56. The van der Waals surface area contributed by atoms with Crippen LogP contribution in [0.25, 0.3) is 0 Å². The van der Waals surface area contributed by atoms with Crippen molar-refractivity contribution >= 4 is 18.3 Å². The minimum absolute atomic E-state index is 0.0932. The fourth-order valence-corrected chi connectivity index (χ4v) is 3.55. The summed E-state index contributed by atoms with van der Waals surface area (Å²) >= 11 is 0. The molecule has 4 nitrogen and oxygen atoms in total. The SMILES string of the molecule is CC(C)(C)[Si](C)(C)OC1CN(S(C)(=O)=O)C1. The molecule has 0 aromatic rings. The molecule has 1 rings (SSSR count). The second-order valence-electron chi connectivity index (χ2n) is 6.08. The van der Waals surface area contributed by atoms with Crippen molar-refractivity contribution < 1.29 is 12.8 Å². The number of nitrogens with zero attached hydrogens (tertiary/aromatic N) is 1. The molecule has 0 spiro atoms. The van der Waals surface area contributed by atoms with Crippen molar-refractivity contribution in [3.63, 3.8) is 0 Å². The fourth-order valence-electron chi connectivity index (χ4n) is 1.34. The molecular weight excluding hydrogens is 242 g/mol. The lowest BCUT2D eigenvalue weighted by Gasteiger charge is -2.45. The molecule has 0 aromatic carbocycles. The Balaban J connectivity index is 2.50. The largest absolute Gasteiger partial charge is 0.411 e. The summed E-state index contributed by atoms with van der Waals surface area (Å²) in [6.07, 6.45) is 1.34. The lowest BCUT2D eigenvalue weighted by molar-refractivity contribution is 0.0643. The standard InChI is InChI=1S/C10H23NO3SSi/c1-10(2,3)16(5,6)14-9-7-11(8-9)15(4,12)13/h9H,7-8H2,1-6H3. The maximum atomic E-state index is 11.2. The van der Waals surface area contributed by atoms with Gasteiger partial charge >= 0.3 is 0 Å². The van der Waals surface area contributed by atoms with Crippen molar-refractivity contribution in [3.8, 4) is 0 Å². The summed E-state index contributed by atoms with van der Waals surface area (Å²) in [5.41, 5.74) is 0. The van der Waals surface area contributed by atoms with E-state index in [-0.39, 0.29) is 11.1 Å². The van der Waals surface area contributed by atoms with Gasteiger partial charge in [0.1, 0.15) is 0 Å². The zero-order valence-electron chi connectivity index (χ0n) is 11.1. The minimum atomic E-state index is -3.02. The quantitative estimate of drug-likeness (QED) is 0.729. The van der Waals surface area contributed by atoms with Crippen LogP contribution in [0.3, 0.4) is 0 Å². The molecule has 0 bridgehead atoms. The highest BCUT2D eigenvalue weighted by Gasteiger charge is 2.43. The summed E-state index contributed by atoms with van der Waals surface area (Å²) in [7, 11) is -4.77. The molecule has 0 amide bonds. The molecule has 16 heavy (non-hydrogen) atoms. The fraction of sp³-hybridized carbons (Fsp3) is 1.00. The first-order valence-corrected chi connectivity index (χ1v) is 10.3. The minimum Gasteiger partial charge on any atom is -0.411 e. The monoisotopic (exact) mass is 265 g/mol. The summed E-state index contributed by atoms with van der Waals surface area (Å²) < 4.78 is 30.0. The topological polar surface area (TPSA) is 46.6 Å². The molecule has 1 fully saturated rings. The van der Waals surface area contributed by atoms with E-state index >= 15 is 0 Å². The van der Waals surface area contributed by atoms with E-state index < -0.39 is 18.3 Å². The molecule has 0 saturated carbocycles. The van der Waals surface area contributed by atoms with E-state index in [1.165, 1.54) is 10.6 Å². The van der Waals surface area contributed by atoms with Gasteiger partial charge < -0.3 is 4.43 Å². The zero-order chi connectivity index (χ0) is 12.8. The molecule has 0 atom stereocenters. The molecule has 1 aliphatic rings. The van der Waals surface area contributed by atoms with Gasteiger partial charge in [-0.3, -0.25) is 0 Å². The van der Waals surface area contributed by atoms with Gasteiger partial charge in [-0.1, -0.05) is 20.8 Å². The summed E-state index contributed by atoms with van der Waals surface area (Å²) in [6.45, 7) is 12.0. The zero-order valence-corrected chi connectivity index (χ0v) is 12.9. The van der Waals surface area contributed by atoms with Gasteiger partial charge in [-0.2, -0.15) is 4.31 Å². The number of hydrogen-bond acceptors (Lipinski definition) is 3. The van der Waals surface area contributed by atoms with Crippen LogP contribution in [0.2, 0.25) is 18.1 Å². The molecule has 96 valence electrons. The Morgan fingerprint density at radius 3 is 2.00 bits per heavy atom. The molecule has 1 saturated heterocycles. The smallest absolute Gasteiger partial charge is 0.211 e. The van der Waals surface area contributed by atoms with Crippen LogP contribution in [0.4, 0.5) is 0 Å². The third kappa shape index (κ3) is 3.06. The highest BCUT2D eigenvalue weighted by atomic mass is 32.2. The van der Waals surface area contributed by atoms with Crippen LogP contribution in [0, 0.1) is 0 Å². The summed E-state index contributed by atoms with van der Waals surface area (Å²) in [5, 5.41) is 0.179. The van der Waals surface area contributed by atoms with Crippen LogP contribution in [0.1, 0.15) is 20.8 Å². The lowest BCUT2D eigenvalue weighted by atomic mass is 10.2. The molecule has 0 aliphatic carbocycles. The van der Waals surface area contributed by atoms with Crippen molar-refractivity contribution in [2.45, 2.75) is 45.0 Å². The van der Waals surface area contributed by atoms with Crippen molar-refractivity contribution in [3.05, 3.63) is 0 Å². The predicted octanol–water partition coefficient (Wildman–Crippen LogP) is 1.65. The molecule has 1 aliphatic heterocycles. The van der Waals surface area contributed by atoms with Crippen molar-refractivity contribution in [1.29, 1.82) is 0 Å². The average Bonchev–Trinajstić information content (AvgIpc) is 1.90. The van der Waals surface area contributed by atoms with Gasteiger partial charge in [0, 0.05) is 13.1 Å². The summed E-state index contributed by atoms with van der Waals surface area (Å²) in [6, 6.07) is 0. The number of sulfonamides is 1. The first kappa shape index (κ1) is 14.1. The molecule has 0 unspecified atom stereocenters. The third-order valence-corrected chi connectivity index (χ3v) is 9.32. The van der Waals surface area contributed by atoms with Crippen molar-refractivity contribution in [2.75, 3.05) is 19.3 Å². The Morgan fingerprint density at radius 1 is 1.25 bits per heavy atom. The van der Waals surface area contributed by atoms with Crippen molar-refractivity contribution in [2.24, 2.45) is 0 Å². The van der Waals surface area contributed by atoms with E-state index in [9.17, 15) is 8.42 Å². The molecule has 6 heteroatoms. The Kier molecular flexibility index (Phi) is 3.61. The van der Waals surface area contributed by atoms with Crippen LogP contribution in [0.15, 0.2) is 0 Å². The number of rotatable bonds is 3. The van der Waals surface area contributed by atoms with Gasteiger partial charge in [0.2, 0.25) is 10.0 Å². The maximum absolute atomic E-state index is 11.2.